The Hall–Kier alpha value is -2.15. The van der Waals surface area contributed by atoms with Gasteiger partial charge in [-0.15, -0.1) is 10.2 Å². The molecule has 0 aliphatic carbocycles. The molecule has 134 valence electrons. The van der Waals surface area contributed by atoms with E-state index in [2.05, 4.69) is 46.5 Å². The van der Waals surface area contributed by atoms with Gasteiger partial charge in [0.1, 0.15) is 0 Å². The van der Waals surface area contributed by atoms with Gasteiger partial charge in [0.2, 0.25) is 10.3 Å². The number of carbonyl (C=O) groups is 1. The number of hydrogen-bond acceptors (Lipinski definition) is 5. The first-order chi connectivity index (χ1) is 12.1. The van der Waals surface area contributed by atoms with E-state index in [0.29, 0.717) is 17.2 Å². The van der Waals surface area contributed by atoms with Gasteiger partial charge in [0.05, 0.1) is 0 Å². The number of rotatable bonds is 4. The number of hydrogen-bond donors (Lipinski definition) is 2. The summed E-state index contributed by atoms with van der Waals surface area (Å²) in [5, 5.41) is 15.4. The van der Waals surface area contributed by atoms with Crippen LogP contribution >= 0.6 is 11.3 Å². The van der Waals surface area contributed by atoms with Crippen LogP contribution in [0, 0.1) is 0 Å². The van der Waals surface area contributed by atoms with E-state index in [9.17, 15) is 4.79 Å². The molecule has 0 bridgehead atoms. The van der Waals surface area contributed by atoms with E-state index in [1.807, 2.05) is 24.3 Å². The third kappa shape index (κ3) is 4.28. The lowest BCUT2D eigenvalue weighted by atomic mass is 9.98. The number of carbonyl (C=O) groups excluding carboxylic acids is 1. The first-order valence-corrected chi connectivity index (χ1v) is 9.67. The van der Waals surface area contributed by atoms with Gasteiger partial charge in [0.15, 0.2) is 0 Å². The Morgan fingerprint density at radius 2 is 1.84 bits per heavy atom. The molecule has 1 fully saturated rings. The van der Waals surface area contributed by atoms with Crippen LogP contribution in [0.15, 0.2) is 24.3 Å². The summed E-state index contributed by atoms with van der Waals surface area (Å²) in [4.78, 5) is 14.5. The molecule has 0 saturated carbocycles. The maximum absolute atomic E-state index is 12.2. The lowest BCUT2D eigenvalue weighted by Gasteiger charge is -2.38. The van der Waals surface area contributed by atoms with E-state index in [4.69, 9.17) is 0 Å². The zero-order chi connectivity index (χ0) is 17.8. The molecular formula is C18H25N5OS. The minimum atomic E-state index is -0.299. The van der Waals surface area contributed by atoms with Crippen LogP contribution in [0.1, 0.15) is 45.6 Å². The van der Waals surface area contributed by atoms with Crippen molar-refractivity contribution in [2.45, 2.75) is 58.5 Å². The molecule has 2 aromatic rings. The number of piperidine rings is 1. The quantitative estimate of drug-likeness (QED) is 0.842. The molecule has 1 aliphatic heterocycles. The maximum atomic E-state index is 12.2. The van der Waals surface area contributed by atoms with E-state index in [0.717, 1.165) is 17.2 Å². The molecular weight excluding hydrogens is 334 g/mol. The first kappa shape index (κ1) is 17.7. The number of nitrogens with zero attached hydrogens (tertiary/aromatic N) is 3. The van der Waals surface area contributed by atoms with Gasteiger partial charge >= 0.3 is 6.03 Å². The second-order valence-electron chi connectivity index (χ2n) is 6.56. The lowest BCUT2D eigenvalue weighted by molar-refractivity contribution is 0.262. The highest BCUT2D eigenvalue weighted by molar-refractivity contribution is 7.19. The highest BCUT2D eigenvalue weighted by atomic mass is 32.1. The number of urea groups is 1. The summed E-state index contributed by atoms with van der Waals surface area (Å²) in [6, 6.07) is 8.44. The zero-order valence-electron chi connectivity index (χ0n) is 15.0. The molecule has 3 rings (SSSR count). The van der Waals surface area contributed by atoms with Crippen molar-refractivity contribution < 1.29 is 4.79 Å². The Bertz CT molecular complexity index is 705. The van der Waals surface area contributed by atoms with E-state index in [1.165, 1.54) is 36.2 Å². The molecule has 6 nitrogen and oxygen atoms in total. The highest BCUT2D eigenvalue weighted by Gasteiger charge is 2.27. The molecule has 0 unspecified atom stereocenters. The topological polar surface area (TPSA) is 70.1 Å². The molecule has 2 atom stereocenters. The van der Waals surface area contributed by atoms with Crippen molar-refractivity contribution in [1.29, 1.82) is 0 Å². The van der Waals surface area contributed by atoms with Crippen LogP contribution in [0.3, 0.4) is 0 Å². The van der Waals surface area contributed by atoms with E-state index < -0.39 is 0 Å². The molecule has 2 amide bonds. The second-order valence-corrected chi connectivity index (χ2v) is 7.51. The summed E-state index contributed by atoms with van der Waals surface area (Å²) in [5.41, 5.74) is 2.00. The van der Waals surface area contributed by atoms with Crippen LogP contribution < -0.4 is 15.5 Å². The summed E-state index contributed by atoms with van der Waals surface area (Å²) < 4.78 is 0. The predicted octanol–water partition coefficient (Wildman–Crippen LogP) is 4.51. The summed E-state index contributed by atoms with van der Waals surface area (Å²) in [6.45, 7) is 6.54. The van der Waals surface area contributed by atoms with Gasteiger partial charge in [-0.3, -0.25) is 5.32 Å². The number of aryl methyl sites for hydroxylation is 1. The average Bonchev–Trinajstić information content (AvgIpc) is 3.03. The first-order valence-electron chi connectivity index (χ1n) is 8.85. The van der Waals surface area contributed by atoms with Crippen molar-refractivity contribution in [3.63, 3.8) is 0 Å². The minimum absolute atomic E-state index is 0.299. The fourth-order valence-electron chi connectivity index (χ4n) is 3.25. The van der Waals surface area contributed by atoms with Gasteiger partial charge in [-0.1, -0.05) is 30.4 Å². The minimum Gasteiger partial charge on any atom is -0.341 e. The van der Waals surface area contributed by atoms with Gasteiger partial charge in [-0.25, -0.2) is 4.79 Å². The normalized spacial score (nSPS) is 20.4. The maximum Gasteiger partial charge on any atom is 0.325 e. The third-order valence-electron chi connectivity index (χ3n) is 4.67. The van der Waals surface area contributed by atoms with Crippen molar-refractivity contribution in [2.75, 3.05) is 15.5 Å². The number of nitrogens with one attached hydrogen (secondary N) is 2. The molecule has 1 aliphatic rings. The Kier molecular flexibility index (Phi) is 5.53. The van der Waals surface area contributed by atoms with Crippen molar-refractivity contribution in [3.8, 4) is 0 Å². The predicted molar refractivity (Wildman–Crippen MR) is 104 cm³/mol. The van der Waals surface area contributed by atoms with Gasteiger partial charge in [0, 0.05) is 17.8 Å². The van der Waals surface area contributed by atoms with Crippen molar-refractivity contribution in [1.82, 2.24) is 10.2 Å². The van der Waals surface area contributed by atoms with Crippen molar-refractivity contribution >= 4 is 33.3 Å². The van der Waals surface area contributed by atoms with Crippen LogP contribution in [0.25, 0.3) is 0 Å². The Labute approximate surface area is 152 Å². The smallest absolute Gasteiger partial charge is 0.325 e. The molecule has 0 radical (unpaired) electrons. The molecule has 2 N–H and O–H groups in total. The van der Waals surface area contributed by atoms with Crippen molar-refractivity contribution in [3.05, 3.63) is 29.8 Å². The molecule has 1 aromatic heterocycles. The molecule has 1 aromatic carbocycles. The Balaban J connectivity index is 1.61. The molecule has 2 heterocycles. The average molecular weight is 359 g/mol. The monoisotopic (exact) mass is 359 g/mol. The fourth-order valence-corrected chi connectivity index (χ4v) is 4.20. The summed E-state index contributed by atoms with van der Waals surface area (Å²) in [5.74, 6) is 0. The Morgan fingerprint density at radius 3 is 2.48 bits per heavy atom. The van der Waals surface area contributed by atoms with Gasteiger partial charge in [0.25, 0.3) is 0 Å². The summed E-state index contributed by atoms with van der Waals surface area (Å²) >= 11 is 1.42. The van der Waals surface area contributed by atoms with Crippen LogP contribution in [-0.2, 0) is 6.42 Å². The van der Waals surface area contributed by atoms with E-state index in [1.54, 1.807) is 0 Å². The number of aromatic nitrogens is 2. The SMILES string of the molecule is CCc1ccc(NC(=O)Nc2nnc(N3[C@H](C)CCC[C@H]3C)s2)cc1. The Morgan fingerprint density at radius 1 is 1.16 bits per heavy atom. The molecule has 1 saturated heterocycles. The lowest BCUT2D eigenvalue weighted by Crippen LogP contribution is -2.43. The standard InChI is InChI=1S/C18H25N5OS/c1-4-14-8-10-15(11-9-14)19-16(24)20-17-21-22-18(25-17)23-12(2)6-5-7-13(23)3/h8-13H,4-7H2,1-3H3,(H2,19,20,21,24)/t12-,13-/m1/s1. The second kappa shape index (κ2) is 7.82. The fraction of sp³-hybridized carbons (Fsp3) is 0.500. The molecule has 25 heavy (non-hydrogen) atoms. The highest BCUT2D eigenvalue weighted by Crippen LogP contribution is 2.32. The number of amides is 2. The van der Waals surface area contributed by atoms with Gasteiger partial charge < -0.3 is 10.2 Å². The van der Waals surface area contributed by atoms with Crippen LogP contribution in [0.2, 0.25) is 0 Å². The van der Waals surface area contributed by atoms with Crippen molar-refractivity contribution in [2.24, 2.45) is 0 Å². The summed E-state index contributed by atoms with van der Waals surface area (Å²) in [6.07, 6.45) is 4.57. The van der Waals surface area contributed by atoms with Gasteiger partial charge in [-0.05, 0) is 57.2 Å². The van der Waals surface area contributed by atoms with Gasteiger partial charge in [-0.2, -0.15) is 0 Å². The van der Waals surface area contributed by atoms with E-state index in [-0.39, 0.29) is 6.03 Å². The van der Waals surface area contributed by atoms with E-state index >= 15 is 0 Å². The molecule has 0 spiro atoms. The van der Waals surface area contributed by atoms with Crippen LogP contribution in [-0.4, -0.2) is 28.3 Å². The number of benzene rings is 1. The van der Waals surface area contributed by atoms with Crippen LogP contribution in [0.4, 0.5) is 20.7 Å². The molecule has 7 heteroatoms. The third-order valence-corrected chi connectivity index (χ3v) is 5.52. The largest absolute Gasteiger partial charge is 0.341 e. The zero-order valence-corrected chi connectivity index (χ0v) is 15.8. The number of anilines is 3. The summed E-state index contributed by atoms with van der Waals surface area (Å²) in [7, 11) is 0. The van der Waals surface area contributed by atoms with Crippen LogP contribution in [0.5, 0.6) is 0 Å².